The summed E-state index contributed by atoms with van der Waals surface area (Å²) in [5, 5.41) is 0. The maximum Gasteiger partial charge on any atom is 0.334 e. The quantitative estimate of drug-likeness (QED) is 0.673. The van der Waals surface area contributed by atoms with Gasteiger partial charge in [-0.2, -0.15) is 0 Å². The van der Waals surface area contributed by atoms with Crippen molar-refractivity contribution in [1.82, 2.24) is 9.55 Å². The van der Waals surface area contributed by atoms with Crippen LogP contribution in [0.25, 0.3) is 5.69 Å². The summed E-state index contributed by atoms with van der Waals surface area (Å²) in [6, 6.07) is 5.43. The molecule has 1 aromatic carbocycles. The molecule has 0 aliphatic carbocycles. The highest BCUT2D eigenvalue weighted by Gasteiger charge is 2.11. The van der Waals surface area contributed by atoms with Gasteiger partial charge in [-0.05, 0) is 37.1 Å². The number of nitrogen functional groups attached to an aromatic ring is 2. The van der Waals surface area contributed by atoms with Gasteiger partial charge in [-0.1, -0.05) is 6.07 Å². The first-order valence-electron chi connectivity index (χ1n) is 5.39. The van der Waals surface area contributed by atoms with Crippen molar-refractivity contribution in [2.45, 2.75) is 13.8 Å². The van der Waals surface area contributed by atoms with Crippen LogP contribution in [-0.4, -0.2) is 9.55 Å². The van der Waals surface area contributed by atoms with Gasteiger partial charge in [0, 0.05) is 0 Å². The molecule has 0 bridgehead atoms. The number of aryl methyl sites for hydroxylation is 2. The summed E-state index contributed by atoms with van der Waals surface area (Å²) in [6.45, 7) is 3.89. The number of hydrogen-bond acceptors (Lipinski definition) is 4. The predicted octanol–water partition coefficient (Wildman–Crippen LogP) is 0.307. The largest absolute Gasteiger partial charge is 0.391 e. The average molecular weight is 246 g/mol. The molecule has 0 saturated heterocycles. The van der Waals surface area contributed by atoms with Crippen molar-refractivity contribution in [1.29, 1.82) is 0 Å². The molecule has 0 unspecified atom stereocenters. The summed E-state index contributed by atoms with van der Waals surface area (Å²) in [6.07, 6.45) is 0. The van der Waals surface area contributed by atoms with Crippen molar-refractivity contribution in [3.8, 4) is 5.69 Å². The summed E-state index contributed by atoms with van der Waals surface area (Å²) < 4.78 is 1.18. The number of aromatic nitrogens is 2. The predicted molar refractivity (Wildman–Crippen MR) is 71.0 cm³/mol. The van der Waals surface area contributed by atoms with Gasteiger partial charge in [0.25, 0.3) is 5.56 Å². The summed E-state index contributed by atoms with van der Waals surface area (Å²) in [5.41, 5.74) is 12.5. The molecular formula is C12H14N4O2. The number of nitrogens with two attached hydrogens (primary N) is 2. The fourth-order valence-corrected chi connectivity index (χ4v) is 1.69. The van der Waals surface area contributed by atoms with Crippen molar-refractivity contribution in [3.05, 3.63) is 50.2 Å². The molecule has 1 aromatic heterocycles. The number of nitrogens with one attached hydrogen (secondary N) is 1. The minimum atomic E-state index is -0.669. The Balaban J connectivity index is 2.79. The second kappa shape index (κ2) is 4.06. The molecule has 0 fully saturated rings. The molecule has 1 heterocycles. The van der Waals surface area contributed by atoms with Gasteiger partial charge in [0.15, 0.2) is 0 Å². The van der Waals surface area contributed by atoms with E-state index in [2.05, 4.69) is 4.98 Å². The van der Waals surface area contributed by atoms with Crippen molar-refractivity contribution in [2.75, 3.05) is 11.5 Å². The van der Waals surface area contributed by atoms with Gasteiger partial charge in [-0.3, -0.25) is 9.78 Å². The van der Waals surface area contributed by atoms with Gasteiger partial charge in [-0.25, -0.2) is 9.36 Å². The topological polar surface area (TPSA) is 107 Å². The Morgan fingerprint density at radius 3 is 2.39 bits per heavy atom. The molecule has 6 nitrogen and oxygen atoms in total. The van der Waals surface area contributed by atoms with Crippen LogP contribution in [0.4, 0.5) is 11.5 Å². The maximum absolute atomic E-state index is 11.8. The van der Waals surface area contributed by atoms with Crippen molar-refractivity contribution < 1.29 is 0 Å². The zero-order valence-corrected chi connectivity index (χ0v) is 10.2. The molecule has 5 N–H and O–H groups in total. The Morgan fingerprint density at radius 1 is 1.11 bits per heavy atom. The lowest BCUT2D eigenvalue weighted by molar-refractivity contribution is 0.911. The highest BCUT2D eigenvalue weighted by Crippen LogP contribution is 2.16. The van der Waals surface area contributed by atoms with E-state index in [0.717, 1.165) is 11.1 Å². The Hall–Kier alpha value is -2.50. The van der Waals surface area contributed by atoms with Crippen LogP contribution in [0.3, 0.4) is 0 Å². The number of benzene rings is 1. The second-order valence-corrected chi connectivity index (χ2v) is 4.16. The number of anilines is 2. The van der Waals surface area contributed by atoms with Crippen LogP contribution in [0.5, 0.6) is 0 Å². The number of nitrogens with zero attached hydrogens (tertiary/aromatic N) is 1. The van der Waals surface area contributed by atoms with E-state index in [1.807, 2.05) is 26.0 Å². The normalized spacial score (nSPS) is 10.6. The lowest BCUT2D eigenvalue weighted by Crippen LogP contribution is -2.33. The van der Waals surface area contributed by atoms with Crippen LogP contribution in [0.2, 0.25) is 0 Å². The third-order valence-corrected chi connectivity index (χ3v) is 2.93. The number of aromatic amines is 1. The fourth-order valence-electron chi connectivity index (χ4n) is 1.69. The Morgan fingerprint density at radius 2 is 1.78 bits per heavy atom. The molecule has 0 aliphatic heterocycles. The molecule has 2 rings (SSSR count). The third kappa shape index (κ3) is 1.77. The summed E-state index contributed by atoms with van der Waals surface area (Å²) in [7, 11) is 0. The first-order valence-corrected chi connectivity index (χ1v) is 5.39. The Labute approximate surface area is 103 Å². The first kappa shape index (κ1) is 12.0. The summed E-state index contributed by atoms with van der Waals surface area (Å²) in [4.78, 5) is 25.2. The van der Waals surface area contributed by atoms with Crippen LogP contribution < -0.4 is 22.7 Å². The molecule has 0 amide bonds. The molecule has 18 heavy (non-hydrogen) atoms. The maximum atomic E-state index is 11.8. The third-order valence-electron chi connectivity index (χ3n) is 2.93. The van der Waals surface area contributed by atoms with Crippen molar-refractivity contribution in [3.63, 3.8) is 0 Å². The van der Waals surface area contributed by atoms with Gasteiger partial charge in [0.1, 0.15) is 11.5 Å². The van der Waals surface area contributed by atoms with Crippen LogP contribution in [0, 0.1) is 13.8 Å². The molecule has 0 atom stereocenters. The molecule has 6 heteroatoms. The van der Waals surface area contributed by atoms with E-state index in [-0.39, 0.29) is 11.5 Å². The SMILES string of the molecule is Cc1ccc(-n2c(N)c(N)c(=O)[nH]c2=O)cc1C. The van der Waals surface area contributed by atoms with E-state index >= 15 is 0 Å². The van der Waals surface area contributed by atoms with E-state index < -0.39 is 11.2 Å². The zero-order valence-electron chi connectivity index (χ0n) is 10.2. The van der Waals surface area contributed by atoms with Gasteiger partial charge < -0.3 is 11.5 Å². The van der Waals surface area contributed by atoms with E-state index in [0.29, 0.717) is 5.69 Å². The lowest BCUT2D eigenvalue weighted by atomic mass is 10.1. The fraction of sp³-hybridized carbons (Fsp3) is 0.167. The number of H-pyrrole nitrogens is 1. The van der Waals surface area contributed by atoms with Gasteiger partial charge in [-0.15, -0.1) is 0 Å². The highest BCUT2D eigenvalue weighted by atomic mass is 16.2. The lowest BCUT2D eigenvalue weighted by Gasteiger charge is -2.11. The van der Waals surface area contributed by atoms with Crippen LogP contribution in [-0.2, 0) is 0 Å². The minimum absolute atomic E-state index is 0.0491. The van der Waals surface area contributed by atoms with E-state index in [1.165, 1.54) is 4.57 Å². The van der Waals surface area contributed by atoms with Crippen LogP contribution in [0.1, 0.15) is 11.1 Å². The molecule has 0 saturated carbocycles. The number of hydrogen-bond donors (Lipinski definition) is 3. The van der Waals surface area contributed by atoms with Crippen molar-refractivity contribution >= 4 is 11.5 Å². The Kier molecular flexibility index (Phi) is 2.70. The summed E-state index contributed by atoms with van der Waals surface area (Å²) in [5.74, 6) is -0.0491. The molecule has 0 radical (unpaired) electrons. The smallest absolute Gasteiger partial charge is 0.334 e. The van der Waals surface area contributed by atoms with Crippen LogP contribution in [0.15, 0.2) is 27.8 Å². The average Bonchev–Trinajstić information content (AvgIpc) is 2.31. The molecule has 0 spiro atoms. The molecule has 2 aromatic rings. The monoisotopic (exact) mass is 246 g/mol. The second-order valence-electron chi connectivity index (χ2n) is 4.16. The van der Waals surface area contributed by atoms with Crippen molar-refractivity contribution in [2.24, 2.45) is 0 Å². The van der Waals surface area contributed by atoms with Gasteiger partial charge >= 0.3 is 5.69 Å². The van der Waals surface area contributed by atoms with E-state index in [9.17, 15) is 9.59 Å². The highest BCUT2D eigenvalue weighted by molar-refractivity contribution is 5.60. The van der Waals surface area contributed by atoms with Gasteiger partial charge in [0.2, 0.25) is 0 Å². The zero-order chi connectivity index (χ0) is 13.4. The van der Waals surface area contributed by atoms with E-state index in [1.54, 1.807) is 6.07 Å². The number of rotatable bonds is 1. The van der Waals surface area contributed by atoms with E-state index in [4.69, 9.17) is 11.5 Å². The molecule has 94 valence electrons. The van der Waals surface area contributed by atoms with Crippen LogP contribution >= 0.6 is 0 Å². The summed E-state index contributed by atoms with van der Waals surface area (Å²) >= 11 is 0. The molecule has 0 aliphatic rings. The first-order chi connectivity index (χ1) is 8.41. The Bertz CT molecular complexity index is 728. The molecular weight excluding hydrogens is 232 g/mol. The van der Waals surface area contributed by atoms with Gasteiger partial charge in [0.05, 0.1) is 5.69 Å². The standard InChI is InChI=1S/C12H14N4O2/c1-6-3-4-8(5-7(6)2)16-10(14)9(13)11(17)15-12(16)18/h3-5H,13-14H2,1-2H3,(H,15,17,18). The minimum Gasteiger partial charge on any atom is -0.391 e.